The first kappa shape index (κ1) is 24.1. The molecule has 3 aromatic rings. The molecule has 36 heavy (non-hydrogen) atoms. The van der Waals surface area contributed by atoms with Gasteiger partial charge in [0.15, 0.2) is 0 Å². The lowest BCUT2D eigenvalue weighted by atomic mass is 10.1. The van der Waals surface area contributed by atoms with Gasteiger partial charge < -0.3 is 29.3 Å². The van der Waals surface area contributed by atoms with E-state index in [4.69, 9.17) is 14.2 Å². The van der Waals surface area contributed by atoms with Gasteiger partial charge in [0.25, 0.3) is 5.91 Å². The molecule has 2 aliphatic rings. The number of anilines is 3. The number of morpholine rings is 2. The van der Waals surface area contributed by atoms with Crippen LogP contribution in [0.15, 0.2) is 66.7 Å². The van der Waals surface area contributed by atoms with Crippen LogP contribution in [0.4, 0.5) is 21.5 Å². The third kappa shape index (κ3) is 5.95. The van der Waals surface area contributed by atoms with E-state index in [0.29, 0.717) is 37.7 Å². The second kappa shape index (κ2) is 11.4. The highest BCUT2D eigenvalue weighted by Crippen LogP contribution is 2.32. The van der Waals surface area contributed by atoms with E-state index in [2.05, 4.69) is 21.2 Å². The van der Waals surface area contributed by atoms with Gasteiger partial charge in [-0.15, -0.1) is 0 Å². The quantitative estimate of drug-likeness (QED) is 0.531. The maximum atomic E-state index is 13.2. The first-order chi connectivity index (χ1) is 17.7. The van der Waals surface area contributed by atoms with E-state index in [9.17, 15) is 9.18 Å². The minimum Gasteiger partial charge on any atom is -0.489 e. The molecule has 8 heteroatoms. The van der Waals surface area contributed by atoms with Crippen molar-refractivity contribution in [3.8, 4) is 5.75 Å². The van der Waals surface area contributed by atoms with Crippen molar-refractivity contribution in [2.75, 3.05) is 67.7 Å². The largest absolute Gasteiger partial charge is 0.489 e. The summed E-state index contributed by atoms with van der Waals surface area (Å²) < 4.78 is 30.0. The fraction of sp³-hybridized carbons (Fsp3) is 0.321. The SMILES string of the molecule is O=C(Nc1ccc(N2CCOCC2)cc1N1CCOCC1)c1cccc(OCc2ccc(F)cc2)c1. The molecule has 0 bridgehead atoms. The molecule has 0 saturated carbocycles. The Morgan fingerprint density at radius 1 is 0.861 bits per heavy atom. The van der Waals surface area contributed by atoms with Gasteiger partial charge in [-0.05, 0) is 54.1 Å². The molecule has 1 N–H and O–H groups in total. The van der Waals surface area contributed by atoms with Crippen molar-refractivity contribution in [3.05, 3.63) is 83.7 Å². The summed E-state index contributed by atoms with van der Waals surface area (Å²) in [6.07, 6.45) is 0. The minimum absolute atomic E-state index is 0.212. The van der Waals surface area contributed by atoms with Gasteiger partial charge in [-0.3, -0.25) is 4.79 Å². The van der Waals surface area contributed by atoms with Crippen LogP contribution >= 0.6 is 0 Å². The van der Waals surface area contributed by atoms with Crippen LogP contribution in [-0.4, -0.2) is 58.5 Å². The smallest absolute Gasteiger partial charge is 0.255 e. The Labute approximate surface area is 210 Å². The van der Waals surface area contributed by atoms with Crippen LogP contribution in [0.1, 0.15) is 15.9 Å². The molecule has 2 saturated heterocycles. The first-order valence-electron chi connectivity index (χ1n) is 12.2. The van der Waals surface area contributed by atoms with Gasteiger partial charge in [-0.25, -0.2) is 4.39 Å². The predicted molar refractivity (Wildman–Crippen MR) is 138 cm³/mol. The molecule has 0 unspecified atom stereocenters. The van der Waals surface area contributed by atoms with Gasteiger partial charge in [0.1, 0.15) is 18.2 Å². The number of benzene rings is 3. The number of carbonyl (C=O) groups is 1. The summed E-state index contributed by atoms with van der Waals surface area (Å²) in [5, 5.41) is 3.10. The van der Waals surface area contributed by atoms with Gasteiger partial charge in [0, 0.05) is 37.4 Å². The summed E-state index contributed by atoms with van der Waals surface area (Å²) >= 11 is 0. The zero-order chi connectivity index (χ0) is 24.7. The number of halogens is 1. The molecule has 1 amide bonds. The highest BCUT2D eigenvalue weighted by atomic mass is 19.1. The summed E-state index contributed by atoms with van der Waals surface area (Å²) in [6.45, 7) is 6.25. The van der Waals surface area contributed by atoms with Gasteiger partial charge >= 0.3 is 0 Å². The van der Waals surface area contributed by atoms with Gasteiger partial charge in [-0.1, -0.05) is 18.2 Å². The van der Waals surface area contributed by atoms with E-state index in [-0.39, 0.29) is 18.3 Å². The molecule has 0 atom stereocenters. The van der Waals surface area contributed by atoms with Crippen molar-refractivity contribution in [3.63, 3.8) is 0 Å². The Morgan fingerprint density at radius 2 is 1.56 bits per heavy atom. The van der Waals surface area contributed by atoms with Crippen LogP contribution in [0.3, 0.4) is 0 Å². The number of nitrogens with zero attached hydrogens (tertiary/aromatic N) is 2. The normalized spacial score (nSPS) is 16.0. The monoisotopic (exact) mass is 491 g/mol. The Hall–Kier alpha value is -3.62. The maximum absolute atomic E-state index is 13.2. The summed E-state index contributed by atoms with van der Waals surface area (Å²) in [7, 11) is 0. The molecular formula is C28H30FN3O4. The van der Waals surface area contributed by atoms with Crippen LogP contribution in [0.2, 0.25) is 0 Å². The summed E-state index contributed by atoms with van der Waals surface area (Å²) in [5.41, 5.74) is 4.21. The number of ether oxygens (including phenoxy) is 3. The predicted octanol–water partition coefficient (Wildman–Crippen LogP) is 4.33. The van der Waals surface area contributed by atoms with Crippen molar-refractivity contribution in [1.29, 1.82) is 0 Å². The molecule has 3 aromatic carbocycles. The van der Waals surface area contributed by atoms with Crippen LogP contribution in [0.25, 0.3) is 0 Å². The van der Waals surface area contributed by atoms with Crippen molar-refractivity contribution < 1.29 is 23.4 Å². The molecule has 0 aromatic heterocycles. The van der Waals surface area contributed by atoms with Crippen molar-refractivity contribution in [2.45, 2.75) is 6.61 Å². The first-order valence-corrected chi connectivity index (χ1v) is 12.2. The van der Waals surface area contributed by atoms with Crippen LogP contribution in [0.5, 0.6) is 5.75 Å². The lowest BCUT2D eigenvalue weighted by molar-refractivity contribution is 0.102. The number of nitrogens with one attached hydrogen (secondary N) is 1. The van der Waals surface area contributed by atoms with Gasteiger partial charge in [-0.2, -0.15) is 0 Å². The third-order valence-corrected chi connectivity index (χ3v) is 6.37. The van der Waals surface area contributed by atoms with Gasteiger partial charge in [0.05, 0.1) is 37.8 Å². The van der Waals surface area contributed by atoms with Crippen LogP contribution in [-0.2, 0) is 16.1 Å². The van der Waals surface area contributed by atoms with Crippen molar-refractivity contribution in [1.82, 2.24) is 0 Å². The lowest BCUT2D eigenvalue weighted by Crippen LogP contribution is -2.38. The Bertz CT molecular complexity index is 1180. The summed E-state index contributed by atoms with van der Waals surface area (Å²) in [6, 6.07) is 19.4. The summed E-state index contributed by atoms with van der Waals surface area (Å²) in [4.78, 5) is 17.8. The molecule has 5 rings (SSSR count). The fourth-order valence-electron chi connectivity index (χ4n) is 4.38. The van der Waals surface area contributed by atoms with Crippen LogP contribution < -0.4 is 19.9 Å². The fourth-order valence-corrected chi connectivity index (χ4v) is 4.38. The topological polar surface area (TPSA) is 63.3 Å². The summed E-state index contributed by atoms with van der Waals surface area (Å²) in [5.74, 6) is 0.0748. The second-order valence-electron chi connectivity index (χ2n) is 8.80. The molecule has 0 aliphatic carbocycles. The van der Waals surface area contributed by atoms with E-state index in [1.54, 1.807) is 36.4 Å². The van der Waals surface area contributed by atoms with Crippen molar-refractivity contribution in [2.24, 2.45) is 0 Å². The average Bonchev–Trinajstić information content (AvgIpc) is 2.94. The number of rotatable bonds is 7. The van der Waals surface area contributed by atoms with E-state index in [1.807, 2.05) is 12.1 Å². The maximum Gasteiger partial charge on any atom is 0.255 e. The zero-order valence-electron chi connectivity index (χ0n) is 20.1. The van der Waals surface area contributed by atoms with Gasteiger partial charge in [0.2, 0.25) is 0 Å². The highest BCUT2D eigenvalue weighted by Gasteiger charge is 2.20. The van der Waals surface area contributed by atoms with Crippen LogP contribution in [0, 0.1) is 5.82 Å². The standard InChI is InChI=1S/C28H30FN3O4/c29-23-6-4-21(5-7-23)20-36-25-3-1-2-22(18-25)28(33)30-26-9-8-24(31-10-14-34-15-11-31)19-27(26)32-12-16-35-17-13-32/h1-9,18-19H,10-17,20H2,(H,30,33). The molecule has 2 aliphatic heterocycles. The Kier molecular flexibility index (Phi) is 7.64. The number of amides is 1. The second-order valence-corrected chi connectivity index (χ2v) is 8.80. The average molecular weight is 492 g/mol. The number of carbonyl (C=O) groups excluding carboxylic acids is 1. The van der Waals surface area contributed by atoms with E-state index in [1.165, 1.54) is 12.1 Å². The van der Waals surface area contributed by atoms with Crippen molar-refractivity contribution >= 4 is 23.0 Å². The highest BCUT2D eigenvalue weighted by molar-refractivity contribution is 6.06. The minimum atomic E-state index is -0.285. The molecule has 2 heterocycles. The molecule has 0 spiro atoms. The van der Waals surface area contributed by atoms with E-state index < -0.39 is 0 Å². The lowest BCUT2D eigenvalue weighted by Gasteiger charge is -2.33. The molecule has 2 fully saturated rings. The van der Waals surface area contributed by atoms with E-state index >= 15 is 0 Å². The van der Waals surface area contributed by atoms with E-state index in [0.717, 1.165) is 48.8 Å². The molecule has 188 valence electrons. The Morgan fingerprint density at radius 3 is 2.28 bits per heavy atom. The molecule has 7 nitrogen and oxygen atoms in total. The third-order valence-electron chi connectivity index (χ3n) is 6.37. The molecular weight excluding hydrogens is 461 g/mol. The number of hydrogen-bond acceptors (Lipinski definition) is 6. The molecule has 0 radical (unpaired) electrons. The number of hydrogen-bond donors (Lipinski definition) is 1. The Balaban J connectivity index is 1.32. The zero-order valence-corrected chi connectivity index (χ0v) is 20.1.